The predicted octanol–water partition coefficient (Wildman–Crippen LogP) is 1.43. The molecule has 8 heteroatoms. The van der Waals surface area contributed by atoms with Gasteiger partial charge in [-0.05, 0) is 30.5 Å². The standard InChI is InChI=1S/C15H18N4O3S/c20-15(16-10-12-6-9-23(21,22)11-12)18-13-4-1-2-5-14(13)19-8-3-7-17-19/h1-5,7-8,12H,6,9-11H2,(H2,16,18,20)/t12-/m0/s1. The molecule has 7 nitrogen and oxygen atoms in total. The Morgan fingerprint density at radius 1 is 1.30 bits per heavy atom. The smallest absolute Gasteiger partial charge is 0.319 e. The summed E-state index contributed by atoms with van der Waals surface area (Å²) in [5, 5.41) is 9.68. The summed E-state index contributed by atoms with van der Waals surface area (Å²) >= 11 is 0. The van der Waals surface area contributed by atoms with Gasteiger partial charge < -0.3 is 10.6 Å². The summed E-state index contributed by atoms with van der Waals surface area (Å²) in [5.74, 6) is 0.354. The molecule has 0 spiro atoms. The molecule has 2 N–H and O–H groups in total. The maximum absolute atomic E-state index is 12.1. The van der Waals surface area contributed by atoms with E-state index < -0.39 is 9.84 Å². The number of para-hydroxylation sites is 2. The number of sulfone groups is 1. The molecule has 23 heavy (non-hydrogen) atoms. The lowest BCUT2D eigenvalue weighted by Crippen LogP contribution is -2.33. The quantitative estimate of drug-likeness (QED) is 0.884. The van der Waals surface area contributed by atoms with E-state index in [1.807, 2.05) is 18.2 Å². The molecule has 0 aliphatic carbocycles. The highest BCUT2D eigenvalue weighted by atomic mass is 32.2. The molecule has 1 aliphatic rings. The van der Waals surface area contributed by atoms with Gasteiger partial charge in [-0.3, -0.25) is 0 Å². The Balaban J connectivity index is 1.61. The van der Waals surface area contributed by atoms with Crippen molar-refractivity contribution in [3.05, 3.63) is 42.7 Å². The number of hydrogen-bond acceptors (Lipinski definition) is 4. The fraction of sp³-hybridized carbons (Fsp3) is 0.333. The second-order valence-electron chi connectivity index (χ2n) is 5.57. The molecule has 2 amide bonds. The Bertz CT molecular complexity index is 787. The zero-order chi connectivity index (χ0) is 16.3. The molecule has 1 aliphatic heterocycles. The summed E-state index contributed by atoms with van der Waals surface area (Å²) < 4.78 is 24.5. The Morgan fingerprint density at radius 3 is 2.83 bits per heavy atom. The van der Waals surface area contributed by atoms with Crippen molar-refractivity contribution in [2.75, 3.05) is 23.4 Å². The van der Waals surface area contributed by atoms with Gasteiger partial charge in [0.15, 0.2) is 9.84 Å². The highest BCUT2D eigenvalue weighted by Gasteiger charge is 2.27. The maximum atomic E-state index is 12.1. The average molecular weight is 334 g/mol. The lowest BCUT2D eigenvalue weighted by molar-refractivity contribution is 0.250. The SMILES string of the molecule is O=C(NC[C@@H]1CCS(=O)(=O)C1)Nc1ccccc1-n1cccn1. The van der Waals surface area contributed by atoms with E-state index in [1.165, 1.54) is 0 Å². The molecular weight excluding hydrogens is 316 g/mol. The van der Waals surface area contributed by atoms with E-state index >= 15 is 0 Å². The molecule has 2 aromatic rings. The molecular formula is C15H18N4O3S. The number of nitrogens with zero attached hydrogens (tertiary/aromatic N) is 2. The fourth-order valence-corrected chi connectivity index (χ4v) is 4.49. The number of amides is 2. The first kappa shape index (κ1) is 15.5. The first-order valence-corrected chi connectivity index (χ1v) is 9.20. The van der Waals surface area contributed by atoms with Crippen molar-refractivity contribution >= 4 is 21.6 Å². The number of nitrogens with one attached hydrogen (secondary N) is 2. The van der Waals surface area contributed by atoms with Crippen molar-refractivity contribution in [3.8, 4) is 5.69 Å². The van der Waals surface area contributed by atoms with Gasteiger partial charge in [-0.1, -0.05) is 12.1 Å². The largest absolute Gasteiger partial charge is 0.338 e. The average Bonchev–Trinajstić information content (AvgIpc) is 3.15. The Morgan fingerprint density at radius 2 is 2.13 bits per heavy atom. The van der Waals surface area contributed by atoms with Crippen molar-refractivity contribution in [2.45, 2.75) is 6.42 Å². The van der Waals surface area contributed by atoms with Crippen LogP contribution in [0, 0.1) is 5.92 Å². The van der Waals surface area contributed by atoms with Crippen LogP contribution in [-0.2, 0) is 9.84 Å². The molecule has 3 rings (SSSR count). The van der Waals surface area contributed by atoms with E-state index in [4.69, 9.17) is 0 Å². The van der Waals surface area contributed by atoms with Gasteiger partial charge in [-0.2, -0.15) is 5.10 Å². The Hall–Kier alpha value is -2.35. The molecule has 0 radical (unpaired) electrons. The summed E-state index contributed by atoms with van der Waals surface area (Å²) in [4.78, 5) is 12.1. The van der Waals surface area contributed by atoms with Gasteiger partial charge in [0.25, 0.3) is 0 Å². The summed E-state index contributed by atoms with van der Waals surface area (Å²) in [6, 6.07) is 8.78. The Labute approximate surface area is 134 Å². The van der Waals surface area contributed by atoms with Crippen LogP contribution in [0.15, 0.2) is 42.7 Å². The maximum Gasteiger partial charge on any atom is 0.319 e. The van der Waals surface area contributed by atoms with Crippen molar-refractivity contribution in [1.29, 1.82) is 0 Å². The summed E-state index contributed by atoms with van der Waals surface area (Å²) in [5.41, 5.74) is 1.39. The lowest BCUT2D eigenvalue weighted by atomic mass is 10.1. The van der Waals surface area contributed by atoms with Crippen LogP contribution in [0.5, 0.6) is 0 Å². The van der Waals surface area contributed by atoms with E-state index in [9.17, 15) is 13.2 Å². The summed E-state index contributed by atoms with van der Waals surface area (Å²) in [6.07, 6.45) is 4.06. The third-order valence-corrected chi connectivity index (χ3v) is 5.62. The van der Waals surface area contributed by atoms with Crippen LogP contribution in [0.1, 0.15) is 6.42 Å². The van der Waals surface area contributed by atoms with Crippen LogP contribution in [0.2, 0.25) is 0 Å². The molecule has 0 saturated carbocycles. The van der Waals surface area contributed by atoms with Crippen LogP contribution in [0.3, 0.4) is 0 Å². The summed E-state index contributed by atoms with van der Waals surface area (Å²) in [6.45, 7) is 0.356. The van der Waals surface area contributed by atoms with Crippen LogP contribution in [-0.4, -0.2) is 42.3 Å². The van der Waals surface area contributed by atoms with E-state index in [0.29, 0.717) is 18.7 Å². The number of anilines is 1. The monoisotopic (exact) mass is 334 g/mol. The van der Waals surface area contributed by atoms with Crippen LogP contribution >= 0.6 is 0 Å². The number of urea groups is 1. The van der Waals surface area contributed by atoms with Crippen molar-refractivity contribution in [2.24, 2.45) is 5.92 Å². The molecule has 1 aromatic carbocycles. The van der Waals surface area contributed by atoms with Gasteiger partial charge in [0.05, 0.1) is 22.9 Å². The third kappa shape index (κ3) is 3.89. The molecule has 0 bridgehead atoms. The minimum Gasteiger partial charge on any atom is -0.338 e. The van der Waals surface area contributed by atoms with E-state index in [1.54, 1.807) is 29.2 Å². The second kappa shape index (κ2) is 6.41. The number of benzene rings is 1. The zero-order valence-corrected chi connectivity index (χ0v) is 13.3. The lowest BCUT2D eigenvalue weighted by Gasteiger charge is -2.13. The van der Waals surface area contributed by atoms with Crippen LogP contribution in [0.4, 0.5) is 10.5 Å². The van der Waals surface area contributed by atoms with Crippen molar-refractivity contribution in [1.82, 2.24) is 15.1 Å². The highest BCUT2D eigenvalue weighted by Crippen LogP contribution is 2.19. The number of aromatic nitrogens is 2. The topological polar surface area (TPSA) is 93.1 Å². The minimum atomic E-state index is -2.92. The molecule has 1 fully saturated rings. The fourth-order valence-electron chi connectivity index (χ4n) is 2.63. The zero-order valence-electron chi connectivity index (χ0n) is 12.5. The van der Waals surface area contributed by atoms with E-state index in [2.05, 4.69) is 15.7 Å². The normalized spacial score (nSPS) is 19.4. The number of carbonyl (C=O) groups is 1. The molecule has 0 unspecified atom stereocenters. The van der Waals surface area contributed by atoms with Gasteiger partial charge in [0, 0.05) is 18.9 Å². The molecule has 1 saturated heterocycles. The highest BCUT2D eigenvalue weighted by molar-refractivity contribution is 7.91. The second-order valence-corrected chi connectivity index (χ2v) is 7.80. The van der Waals surface area contributed by atoms with Crippen LogP contribution < -0.4 is 10.6 Å². The molecule has 1 atom stereocenters. The van der Waals surface area contributed by atoms with Gasteiger partial charge in [0.2, 0.25) is 0 Å². The van der Waals surface area contributed by atoms with Gasteiger partial charge >= 0.3 is 6.03 Å². The predicted molar refractivity (Wildman–Crippen MR) is 87.3 cm³/mol. The van der Waals surface area contributed by atoms with Gasteiger partial charge in [-0.25, -0.2) is 17.9 Å². The van der Waals surface area contributed by atoms with Gasteiger partial charge in [0.1, 0.15) is 0 Å². The number of hydrogen-bond donors (Lipinski definition) is 2. The Kier molecular flexibility index (Phi) is 4.33. The summed E-state index contributed by atoms with van der Waals surface area (Å²) in [7, 11) is -2.92. The van der Waals surface area contributed by atoms with Gasteiger partial charge in [-0.15, -0.1) is 0 Å². The molecule has 2 heterocycles. The van der Waals surface area contributed by atoms with Crippen molar-refractivity contribution < 1.29 is 13.2 Å². The van der Waals surface area contributed by atoms with Crippen molar-refractivity contribution in [3.63, 3.8) is 0 Å². The number of carbonyl (C=O) groups excluding carboxylic acids is 1. The van der Waals surface area contributed by atoms with E-state index in [0.717, 1.165) is 5.69 Å². The van der Waals surface area contributed by atoms with Crippen LogP contribution in [0.25, 0.3) is 5.69 Å². The number of rotatable bonds is 4. The first-order chi connectivity index (χ1) is 11.0. The minimum absolute atomic E-state index is 0.00731. The van der Waals surface area contributed by atoms with E-state index in [-0.39, 0.29) is 23.5 Å². The molecule has 122 valence electrons. The third-order valence-electron chi connectivity index (χ3n) is 3.78. The first-order valence-electron chi connectivity index (χ1n) is 7.38. The molecule has 1 aromatic heterocycles.